The van der Waals surface area contributed by atoms with Crippen molar-refractivity contribution < 1.29 is 14.6 Å². The van der Waals surface area contributed by atoms with Gasteiger partial charge in [-0.1, -0.05) is 12.1 Å². The molecule has 0 radical (unpaired) electrons. The van der Waals surface area contributed by atoms with Crippen molar-refractivity contribution in [3.05, 3.63) is 29.8 Å². The lowest BCUT2D eigenvalue weighted by molar-refractivity contribution is -0.122. The summed E-state index contributed by atoms with van der Waals surface area (Å²) in [6.07, 6.45) is 4.22. The summed E-state index contributed by atoms with van der Waals surface area (Å²) >= 11 is 0. The molecule has 1 aromatic rings. The molecule has 1 aliphatic carbocycles. The first-order valence-electron chi connectivity index (χ1n) is 7.26. The molecule has 0 aliphatic heterocycles. The van der Waals surface area contributed by atoms with Crippen molar-refractivity contribution >= 4 is 5.91 Å². The molecule has 1 fully saturated rings. The maximum atomic E-state index is 11.9. The van der Waals surface area contributed by atoms with E-state index in [2.05, 4.69) is 5.32 Å². The van der Waals surface area contributed by atoms with Crippen molar-refractivity contribution in [3.63, 3.8) is 0 Å². The van der Waals surface area contributed by atoms with Gasteiger partial charge in [0.1, 0.15) is 5.75 Å². The van der Waals surface area contributed by atoms with Gasteiger partial charge in [0, 0.05) is 19.1 Å². The van der Waals surface area contributed by atoms with Crippen LogP contribution in [0.5, 0.6) is 5.75 Å². The van der Waals surface area contributed by atoms with Crippen LogP contribution in [-0.4, -0.2) is 30.8 Å². The summed E-state index contributed by atoms with van der Waals surface area (Å²) in [5.74, 6) is 1.48. The number of amides is 1. The molecule has 1 aliphatic rings. The highest BCUT2D eigenvalue weighted by Gasteiger charge is 2.31. The van der Waals surface area contributed by atoms with Crippen molar-refractivity contribution in [2.24, 2.45) is 5.92 Å². The molecule has 110 valence electrons. The standard InChI is InChI=1S/C16H23NO3/c1-20-14-7-2-12(3-8-14)4-9-16(19)17-15(10-11-18)13-5-6-13/h2-3,7-8,13,15,18H,4-6,9-11H2,1H3,(H,17,19). The van der Waals surface area contributed by atoms with Crippen molar-refractivity contribution in [2.45, 2.75) is 38.1 Å². The minimum Gasteiger partial charge on any atom is -0.497 e. The smallest absolute Gasteiger partial charge is 0.220 e. The molecule has 1 saturated carbocycles. The van der Waals surface area contributed by atoms with Gasteiger partial charge in [-0.05, 0) is 49.3 Å². The number of methoxy groups -OCH3 is 1. The quantitative estimate of drug-likeness (QED) is 0.763. The van der Waals surface area contributed by atoms with E-state index in [0.717, 1.165) is 17.7 Å². The first kappa shape index (κ1) is 14.9. The molecule has 0 heterocycles. The molecular weight excluding hydrogens is 254 g/mol. The number of aliphatic hydroxyl groups excluding tert-OH is 1. The molecule has 0 spiro atoms. The van der Waals surface area contributed by atoms with Crippen LogP contribution in [-0.2, 0) is 11.2 Å². The summed E-state index contributed by atoms with van der Waals surface area (Å²) in [5.41, 5.74) is 1.13. The zero-order chi connectivity index (χ0) is 14.4. The van der Waals surface area contributed by atoms with E-state index in [-0.39, 0.29) is 18.6 Å². The number of carbonyl (C=O) groups excluding carboxylic acids is 1. The Morgan fingerprint density at radius 2 is 2.10 bits per heavy atom. The van der Waals surface area contributed by atoms with Crippen LogP contribution < -0.4 is 10.1 Å². The van der Waals surface area contributed by atoms with Crippen LogP contribution in [0.25, 0.3) is 0 Å². The van der Waals surface area contributed by atoms with Gasteiger partial charge in [-0.3, -0.25) is 4.79 Å². The molecule has 1 unspecified atom stereocenters. The van der Waals surface area contributed by atoms with Crippen LogP contribution in [0.2, 0.25) is 0 Å². The Balaban J connectivity index is 1.75. The van der Waals surface area contributed by atoms with Gasteiger partial charge in [-0.25, -0.2) is 0 Å². The lowest BCUT2D eigenvalue weighted by Gasteiger charge is -2.17. The normalized spacial score (nSPS) is 15.7. The summed E-state index contributed by atoms with van der Waals surface area (Å²) in [6.45, 7) is 0.139. The third kappa shape index (κ3) is 4.53. The Labute approximate surface area is 120 Å². The second-order valence-corrected chi connectivity index (χ2v) is 5.37. The van der Waals surface area contributed by atoms with Crippen molar-refractivity contribution in [1.82, 2.24) is 5.32 Å². The first-order chi connectivity index (χ1) is 9.72. The fraction of sp³-hybridized carbons (Fsp3) is 0.562. The van der Waals surface area contributed by atoms with Crippen LogP contribution in [0.4, 0.5) is 0 Å². The molecule has 1 amide bonds. The summed E-state index contributed by atoms with van der Waals surface area (Å²) in [6, 6.07) is 7.94. The van der Waals surface area contributed by atoms with Crippen molar-refractivity contribution in [1.29, 1.82) is 0 Å². The van der Waals surface area contributed by atoms with E-state index in [1.54, 1.807) is 7.11 Å². The molecule has 20 heavy (non-hydrogen) atoms. The van der Waals surface area contributed by atoms with E-state index < -0.39 is 0 Å². The van der Waals surface area contributed by atoms with Crippen LogP contribution >= 0.6 is 0 Å². The fourth-order valence-corrected chi connectivity index (χ4v) is 2.39. The maximum absolute atomic E-state index is 11.9. The highest BCUT2D eigenvalue weighted by molar-refractivity contribution is 5.76. The molecule has 0 aromatic heterocycles. The van der Waals surface area contributed by atoms with Gasteiger partial charge < -0.3 is 15.2 Å². The molecule has 4 nitrogen and oxygen atoms in total. The third-order valence-corrected chi connectivity index (χ3v) is 3.78. The largest absolute Gasteiger partial charge is 0.497 e. The SMILES string of the molecule is COc1ccc(CCC(=O)NC(CCO)C2CC2)cc1. The number of hydrogen-bond acceptors (Lipinski definition) is 3. The van der Waals surface area contributed by atoms with Gasteiger partial charge in [0.15, 0.2) is 0 Å². The Hall–Kier alpha value is -1.55. The number of hydrogen-bond donors (Lipinski definition) is 2. The van der Waals surface area contributed by atoms with Gasteiger partial charge in [0.2, 0.25) is 5.91 Å². The molecule has 0 saturated heterocycles. The summed E-state index contributed by atoms with van der Waals surface area (Å²) in [5, 5.41) is 12.1. The number of ether oxygens (including phenoxy) is 1. The Morgan fingerprint density at radius 1 is 1.40 bits per heavy atom. The number of benzene rings is 1. The van der Waals surface area contributed by atoms with E-state index in [4.69, 9.17) is 9.84 Å². The summed E-state index contributed by atoms with van der Waals surface area (Å²) in [4.78, 5) is 11.9. The van der Waals surface area contributed by atoms with Gasteiger partial charge in [-0.2, -0.15) is 0 Å². The Kier molecular flexibility index (Phi) is 5.41. The Morgan fingerprint density at radius 3 is 2.65 bits per heavy atom. The highest BCUT2D eigenvalue weighted by atomic mass is 16.5. The topological polar surface area (TPSA) is 58.6 Å². The van der Waals surface area contributed by atoms with Crippen LogP contribution in [0.3, 0.4) is 0 Å². The summed E-state index contributed by atoms with van der Waals surface area (Å²) in [7, 11) is 1.64. The van der Waals surface area contributed by atoms with Crippen LogP contribution in [0, 0.1) is 5.92 Å². The summed E-state index contributed by atoms with van der Waals surface area (Å²) < 4.78 is 5.10. The van der Waals surface area contributed by atoms with Crippen LogP contribution in [0.1, 0.15) is 31.2 Å². The molecule has 0 bridgehead atoms. The minimum atomic E-state index is 0.0752. The molecule has 2 N–H and O–H groups in total. The number of nitrogens with one attached hydrogen (secondary N) is 1. The molecular formula is C16H23NO3. The number of rotatable bonds is 8. The van der Waals surface area contributed by atoms with Crippen LogP contribution in [0.15, 0.2) is 24.3 Å². The minimum absolute atomic E-state index is 0.0752. The number of carbonyl (C=O) groups is 1. The van der Waals surface area contributed by atoms with Gasteiger partial charge >= 0.3 is 0 Å². The van der Waals surface area contributed by atoms with E-state index in [0.29, 0.717) is 18.8 Å². The van der Waals surface area contributed by atoms with E-state index in [1.165, 1.54) is 12.8 Å². The fourth-order valence-electron chi connectivity index (χ4n) is 2.39. The van der Waals surface area contributed by atoms with E-state index >= 15 is 0 Å². The lowest BCUT2D eigenvalue weighted by Crippen LogP contribution is -2.37. The van der Waals surface area contributed by atoms with E-state index in [9.17, 15) is 4.79 Å². The predicted octanol–water partition coefficient (Wildman–Crippen LogP) is 1.91. The highest BCUT2D eigenvalue weighted by Crippen LogP contribution is 2.33. The monoisotopic (exact) mass is 277 g/mol. The molecule has 2 rings (SSSR count). The van der Waals surface area contributed by atoms with Crippen molar-refractivity contribution in [2.75, 3.05) is 13.7 Å². The maximum Gasteiger partial charge on any atom is 0.220 e. The second-order valence-electron chi connectivity index (χ2n) is 5.37. The first-order valence-corrected chi connectivity index (χ1v) is 7.26. The van der Waals surface area contributed by atoms with Gasteiger partial charge in [-0.15, -0.1) is 0 Å². The number of aliphatic hydroxyl groups is 1. The second kappa shape index (κ2) is 7.29. The molecule has 1 atom stereocenters. The average molecular weight is 277 g/mol. The molecule has 1 aromatic carbocycles. The third-order valence-electron chi connectivity index (χ3n) is 3.78. The predicted molar refractivity (Wildman–Crippen MR) is 77.7 cm³/mol. The average Bonchev–Trinajstić information content (AvgIpc) is 3.30. The zero-order valence-electron chi connectivity index (χ0n) is 12.0. The van der Waals surface area contributed by atoms with E-state index in [1.807, 2.05) is 24.3 Å². The van der Waals surface area contributed by atoms with Gasteiger partial charge in [0.25, 0.3) is 0 Å². The Bertz CT molecular complexity index is 426. The lowest BCUT2D eigenvalue weighted by atomic mass is 10.1. The number of aryl methyl sites for hydroxylation is 1. The van der Waals surface area contributed by atoms with Gasteiger partial charge in [0.05, 0.1) is 7.11 Å². The molecule has 4 heteroatoms. The van der Waals surface area contributed by atoms with Crippen molar-refractivity contribution in [3.8, 4) is 5.75 Å². The zero-order valence-corrected chi connectivity index (χ0v) is 12.0.